The first kappa shape index (κ1) is 12.5. The summed E-state index contributed by atoms with van der Waals surface area (Å²) >= 11 is 0. The largest absolute Gasteiger partial charge is 0.397 e. The van der Waals surface area contributed by atoms with Crippen molar-refractivity contribution in [1.29, 1.82) is 0 Å². The fourth-order valence-corrected chi connectivity index (χ4v) is 2.09. The number of para-hydroxylation sites is 2. The van der Waals surface area contributed by atoms with Crippen LogP contribution in [0.4, 0.5) is 11.4 Å². The second kappa shape index (κ2) is 5.58. The molecule has 0 bridgehead atoms. The molecule has 2 rings (SSSR count). The summed E-state index contributed by atoms with van der Waals surface area (Å²) < 4.78 is 2.15. The highest BCUT2D eigenvalue weighted by atomic mass is 15.2. The van der Waals surface area contributed by atoms with E-state index in [1.807, 2.05) is 37.5 Å². The van der Waals surface area contributed by atoms with Crippen LogP contribution in [-0.2, 0) is 6.54 Å². The average Bonchev–Trinajstić information content (AvgIpc) is 2.78. The number of benzene rings is 1. The van der Waals surface area contributed by atoms with Gasteiger partial charge in [0.25, 0.3) is 0 Å². The lowest BCUT2D eigenvalue weighted by Crippen LogP contribution is -2.27. The van der Waals surface area contributed by atoms with E-state index in [-0.39, 0.29) is 0 Å². The van der Waals surface area contributed by atoms with Crippen molar-refractivity contribution in [2.24, 2.45) is 0 Å². The minimum absolute atomic E-state index is 0.835. The molecule has 4 nitrogen and oxygen atoms in total. The molecule has 0 amide bonds. The van der Waals surface area contributed by atoms with E-state index in [0.29, 0.717) is 0 Å². The highest BCUT2D eigenvalue weighted by Gasteiger charge is 2.07. The Morgan fingerprint density at radius 1 is 1.33 bits per heavy atom. The summed E-state index contributed by atoms with van der Waals surface area (Å²) in [6, 6.07) is 8.00. The molecule has 1 aromatic carbocycles. The maximum atomic E-state index is 6.02. The molecular formula is C14H20N4. The van der Waals surface area contributed by atoms with Gasteiger partial charge in [-0.25, -0.2) is 4.98 Å². The molecular weight excluding hydrogens is 224 g/mol. The van der Waals surface area contributed by atoms with Crippen LogP contribution in [0, 0.1) is 6.92 Å². The first-order chi connectivity index (χ1) is 8.72. The van der Waals surface area contributed by atoms with Gasteiger partial charge in [0.15, 0.2) is 0 Å². The van der Waals surface area contributed by atoms with Crippen LogP contribution >= 0.6 is 0 Å². The van der Waals surface area contributed by atoms with Crippen LogP contribution < -0.4 is 10.6 Å². The van der Waals surface area contributed by atoms with Crippen molar-refractivity contribution in [3.8, 4) is 0 Å². The minimum Gasteiger partial charge on any atom is -0.397 e. The van der Waals surface area contributed by atoms with Crippen LogP contribution in [0.3, 0.4) is 0 Å². The van der Waals surface area contributed by atoms with E-state index in [9.17, 15) is 0 Å². The Kier molecular flexibility index (Phi) is 3.87. The SMILES string of the molecule is CCN(CCn1ccnc1C)c1ccccc1N. The third-order valence-electron chi connectivity index (χ3n) is 3.19. The topological polar surface area (TPSA) is 47.1 Å². The fraction of sp³-hybridized carbons (Fsp3) is 0.357. The minimum atomic E-state index is 0.835. The van der Waals surface area contributed by atoms with E-state index in [0.717, 1.165) is 36.8 Å². The molecule has 0 fully saturated rings. The Hall–Kier alpha value is -1.97. The third-order valence-corrected chi connectivity index (χ3v) is 3.19. The van der Waals surface area contributed by atoms with E-state index in [1.165, 1.54) is 0 Å². The van der Waals surface area contributed by atoms with Gasteiger partial charge in [0, 0.05) is 32.0 Å². The van der Waals surface area contributed by atoms with E-state index >= 15 is 0 Å². The monoisotopic (exact) mass is 244 g/mol. The Labute approximate surface area is 108 Å². The molecule has 96 valence electrons. The number of hydrogen-bond acceptors (Lipinski definition) is 3. The van der Waals surface area contributed by atoms with Gasteiger partial charge in [0.1, 0.15) is 5.82 Å². The number of nitrogens with two attached hydrogens (primary N) is 1. The lowest BCUT2D eigenvalue weighted by Gasteiger charge is -2.25. The predicted octanol–water partition coefficient (Wildman–Crippen LogP) is 2.30. The molecule has 0 radical (unpaired) electrons. The molecule has 18 heavy (non-hydrogen) atoms. The van der Waals surface area contributed by atoms with Crippen LogP contribution in [0.15, 0.2) is 36.7 Å². The lowest BCUT2D eigenvalue weighted by molar-refractivity contribution is 0.648. The van der Waals surface area contributed by atoms with Crippen LogP contribution in [0.1, 0.15) is 12.7 Å². The van der Waals surface area contributed by atoms with Crippen molar-refractivity contribution >= 4 is 11.4 Å². The van der Waals surface area contributed by atoms with Crippen molar-refractivity contribution in [3.63, 3.8) is 0 Å². The standard InChI is InChI=1S/C14H20N4/c1-3-17(14-7-5-4-6-13(14)15)10-11-18-9-8-16-12(18)2/h4-9H,3,10-11,15H2,1-2H3. The Morgan fingerprint density at radius 3 is 2.72 bits per heavy atom. The number of anilines is 2. The van der Waals surface area contributed by atoms with E-state index in [1.54, 1.807) is 0 Å². The van der Waals surface area contributed by atoms with Crippen LogP contribution in [0.5, 0.6) is 0 Å². The second-order valence-electron chi connectivity index (χ2n) is 4.31. The molecule has 0 atom stereocenters. The van der Waals surface area contributed by atoms with Crippen molar-refractivity contribution in [2.45, 2.75) is 20.4 Å². The third kappa shape index (κ3) is 2.64. The zero-order valence-electron chi connectivity index (χ0n) is 11.0. The lowest BCUT2D eigenvalue weighted by atomic mass is 10.2. The molecule has 0 saturated carbocycles. The Balaban J connectivity index is 2.07. The Morgan fingerprint density at radius 2 is 2.11 bits per heavy atom. The first-order valence-electron chi connectivity index (χ1n) is 6.29. The summed E-state index contributed by atoms with van der Waals surface area (Å²) in [6.07, 6.45) is 3.85. The molecule has 4 heteroatoms. The second-order valence-corrected chi connectivity index (χ2v) is 4.31. The molecule has 0 saturated heterocycles. The fourth-order valence-electron chi connectivity index (χ4n) is 2.09. The van der Waals surface area contributed by atoms with Gasteiger partial charge in [-0.1, -0.05) is 12.1 Å². The summed E-state index contributed by atoms with van der Waals surface area (Å²) in [5, 5.41) is 0. The van der Waals surface area contributed by atoms with Crippen molar-refractivity contribution in [2.75, 3.05) is 23.7 Å². The maximum Gasteiger partial charge on any atom is 0.105 e. The maximum absolute atomic E-state index is 6.02. The summed E-state index contributed by atoms with van der Waals surface area (Å²) in [4.78, 5) is 6.52. The molecule has 0 aliphatic rings. The van der Waals surface area contributed by atoms with Gasteiger partial charge in [-0.3, -0.25) is 0 Å². The Bertz CT molecular complexity index is 504. The summed E-state index contributed by atoms with van der Waals surface area (Å²) in [7, 11) is 0. The number of nitrogen functional groups attached to an aromatic ring is 1. The number of aromatic nitrogens is 2. The summed E-state index contributed by atoms with van der Waals surface area (Å²) in [5.74, 6) is 1.05. The smallest absolute Gasteiger partial charge is 0.105 e. The zero-order chi connectivity index (χ0) is 13.0. The predicted molar refractivity (Wildman–Crippen MR) is 75.7 cm³/mol. The highest BCUT2D eigenvalue weighted by molar-refractivity contribution is 5.67. The summed E-state index contributed by atoms with van der Waals surface area (Å²) in [5.41, 5.74) is 7.96. The van der Waals surface area contributed by atoms with Gasteiger partial charge >= 0.3 is 0 Å². The first-order valence-corrected chi connectivity index (χ1v) is 6.29. The molecule has 0 aliphatic heterocycles. The summed E-state index contributed by atoms with van der Waals surface area (Å²) in [6.45, 7) is 6.97. The van der Waals surface area contributed by atoms with Gasteiger partial charge in [-0.2, -0.15) is 0 Å². The van der Waals surface area contributed by atoms with Gasteiger partial charge in [-0.15, -0.1) is 0 Å². The molecule has 0 aliphatic carbocycles. The quantitative estimate of drug-likeness (QED) is 0.821. The number of rotatable bonds is 5. The van der Waals surface area contributed by atoms with E-state index in [4.69, 9.17) is 5.73 Å². The van der Waals surface area contributed by atoms with Gasteiger partial charge in [0.05, 0.1) is 11.4 Å². The van der Waals surface area contributed by atoms with Crippen molar-refractivity contribution < 1.29 is 0 Å². The van der Waals surface area contributed by atoms with Crippen molar-refractivity contribution in [1.82, 2.24) is 9.55 Å². The zero-order valence-corrected chi connectivity index (χ0v) is 11.0. The molecule has 1 heterocycles. The van der Waals surface area contributed by atoms with E-state index in [2.05, 4.69) is 27.4 Å². The normalized spacial score (nSPS) is 10.6. The number of aryl methyl sites for hydroxylation is 1. The van der Waals surface area contributed by atoms with Gasteiger partial charge in [0.2, 0.25) is 0 Å². The average molecular weight is 244 g/mol. The molecule has 0 unspecified atom stereocenters. The van der Waals surface area contributed by atoms with Gasteiger partial charge < -0.3 is 15.2 Å². The molecule has 2 N–H and O–H groups in total. The molecule has 1 aromatic heterocycles. The number of hydrogen-bond donors (Lipinski definition) is 1. The molecule has 0 spiro atoms. The van der Waals surface area contributed by atoms with Gasteiger partial charge in [-0.05, 0) is 26.0 Å². The number of likely N-dealkylation sites (N-methyl/N-ethyl adjacent to an activating group) is 1. The van der Waals surface area contributed by atoms with Crippen LogP contribution in [0.2, 0.25) is 0 Å². The van der Waals surface area contributed by atoms with Crippen molar-refractivity contribution in [3.05, 3.63) is 42.5 Å². The van der Waals surface area contributed by atoms with Crippen LogP contribution in [-0.4, -0.2) is 22.6 Å². The van der Waals surface area contributed by atoms with E-state index < -0.39 is 0 Å². The number of nitrogens with zero attached hydrogens (tertiary/aromatic N) is 3. The highest BCUT2D eigenvalue weighted by Crippen LogP contribution is 2.22. The molecule has 2 aromatic rings. The van der Waals surface area contributed by atoms with Crippen LogP contribution in [0.25, 0.3) is 0 Å². The number of imidazole rings is 1.